The fraction of sp³-hybridized carbons (Fsp3) is 0. The quantitative estimate of drug-likeness (QED) is 0.135. The number of thiophene rings is 3. The molecule has 326 valence electrons. The van der Waals surface area contributed by atoms with Crippen molar-refractivity contribution in [3.8, 4) is 43.1 Å². The predicted molar refractivity (Wildman–Crippen MR) is 301 cm³/mol. The number of fused-ring (bicyclic) bond motifs is 5. The largest absolute Gasteiger partial charge is 0.311 e. The lowest BCUT2D eigenvalue weighted by molar-refractivity contribution is 1.28. The molecule has 0 spiro atoms. The molecule has 3 aromatic heterocycles. The lowest BCUT2D eigenvalue weighted by Gasteiger charge is -2.25. The van der Waals surface area contributed by atoms with E-state index in [0.29, 0.717) is 0 Å². The smallest absolute Gasteiger partial charge is 0.0462 e. The van der Waals surface area contributed by atoms with Crippen LogP contribution in [0.3, 0.4) is 0 Å². The van der Waals surface area contributed by atoms with Gasteiger partial charge < -0.3 is 9.80 Å². The molecule has 0 aliphatic heterocycles. The van der Waals surface area contributed by atoms with Gasteiger partial charge in [0.05, 0.1) is 0 Å². The zero-order chi connectivity index (χ0) is 45.7. The van der Waals surface area contributed by atoms with Crippen molar-refractivity contribution in [3.63, 3.8) is 0 Å². The van der Waals surface area contributed by atoms with Gasteiger partial charge in [-0.15, -0.1) is 34.0 Å². The Balaban J connectivity index is 0.902. The van der Waals surface area contributed by atoms with E-state index in [0.717, 1.165) is 34.1 Å². The monoisotopic (exact) mass is 934 g/mol. The van der Waals surface area contributed by atoms with E-state index in [1.54, 1.807) is 0 Å². The fourth-order valence-corrected chi connectivity index (χ4v) is 13.4. The maximum atomic E-state index is 2.45. The highest BCUT2D eigenvalue weighted by molar-refractivity contribution is 7.26. The molecule has 0 unspecified atom stereocenters. The maximum Gasteiger partial charge on any atom is 0.0462 e. The SMILES string of the molecule is c1ccc(N(c2ccccc2)c2ccc(-c3sc4ccccc4c3-c3ccc4sc5ccc(-c6c(-c7ccc(N(c8ccccc8)c8ccccc8)cc7)sc7ccccc67)cc5c4c3)cc2)cc1. The van der Waals surface area contributed by atoms with Crippen LogP contribution < -0.4 is 9.80 Å². The van der Waals surface area contributed by atoms with Crippen molar-refractivity contribution in [2.45, 2.75) is 0 Å². The Kier molecular flexibility index (Phi) is 10.5. The predicted octanol–water partition coefficient (Wildman–Crippen LogP) is 20.1. The van der Waals surface area contributed by atoms with Crippen LogP contribution in [0.1, 0.15) is 0 Å². The van der Waals surface area contributed by atoms with Gasteiger partial charge in [-0.1, -0.05) is 146 Å². The Bertz CT molecular complexity index is 3590. The number of hydrogen-bond acceptors (Lipinski definition) is 5. The van der Waals surface area contributed by atoms with Crippen LogP contribution in [0.2, 0.25) is 0 Å². The average Bonchev–Trinajstić information content (AvgIpc) is 4.12. The van der Waals surface area contributed by atoms with Gasteiger partial charge in [0.1, 0.15) is 0 Å². The van der Waals surface area contributed by atoms with Gasteiger partial charge in [-0.3, -0.25) is 0 Å². The van der Waals surface area contributed by atoms with Crippen molar-refractivity contribution in [1.82, 2.24) is 0 Å². The minimum absolute atomic E-state index is 1.12. The van der Waals surface area contributed by atoms with E-state index in [4.69, 9.17) is 0 Å². The topological polar surface area (TPSA) is 6.48 Å². The van der Waals surface area contributed by atoms with Crippen LogP contribution in [-0.2, 0) is 0 Å². The molecule has 0 aliphatic carbocycles. The Morgan fingerprint density at radius 1 is 0.217 bits per heavy atom. The summed E-state index contributed by atoms with van der Waals surface area (Å²) in [6.45, 7) is 0. The molecule has 0 amide bonds. The number of anilines is 6. The van der Waals surface area contributed by atoms with Crippen LogP contribution in [0.25, 0.3) is 83.5 Å². The molecule has 13 aromatic rings. The second kappa shape index (κ2) is 17.5. The zero-order valence-corrected chi connectivity index (χ0v) is 39.8. The molecular weight excluding hydrogens is 893 g/mol. The van der Waals surface area contributed by atoms with E-state index in [2.05, 4.69) is 265 Å². The van der Waals surface area contributed by atoms with Crippen molar-refractivity contribution in [1.29, 1.82) is 0 Å². The summed E-state index contributed by atoms with van der Waals surface area (Å²) in [4.78, 5) is 7.21. The highest BCUT2D eigenvalue weighted by Gasteiger charge is 2.21. The standard InChI is InChI=1S/C64H42N2S3/c1-5-17-47(18-6-1)65(48-19-7-2-8-20-48)51-35-29-43(30-36-51)63-61(53-25-13-15-27-57(53)68-63)45-33-39-59-55(41-45)56-42-46(34-40-60(56)67-59)62-54-26-14-16-28-58(54)69-64(62)44-31-37-52(38-32-44)66(49-21-9-3-10-22-49)50-23-11-4-12-24-50/h1-42H. The fourth-order valence-electron chi connectivity index (χ4n) is 9.89. The van der Waals surface area contributed by atoms with Gasteiger partial charge in [-0.05, 0) is 131 Å². The van der Waals surface area contributed by atoms with Gasteiger partial charge >= 0.3 is 0 Å². The molecule has 0 saturated carbocycles. The molecule has 13 rings (SSSR count). The van der Waals surface area contributed by atoms with Crippen LogP contribution in [0.15, 0.2) is 255 Å². The van der Waals surface area contributed by atoms with Gasteiger partial charge in [-0.2, -0.15) is 0 Å². The van der Waals surface area contributed by atoms with Crippen molar-refractivity contribution in [2.75, 3.05) is 9.80 Å². The van der Waals surface area contributed by atoms with Crippen LogP contribution in [-0.4, -0.2) is 0 Å². The number of benzene rings is 10. The Labute approximate surface area is 413 Å². The van der Waals surface area contributed by atoms with Crippen LogP contribution in [0.5, 0.6) is 0 Å². The first-order valence-electron chi connectivity index (χ1n) is 23.2. The van der Waals surface area contributed by atoms with E-state index in [1.807, 2.05) is 34.0 Å². The molecule has 0 saturated heterocycles. The summed E-state index contributed by atoms with van der Waals surface area (Å²) in [6, 6.07) is 92.8. The molecular formula is C64H42N2S3. The molecule has 10 aromatic carbocycles. The lowest BCUT2D eigenvalue weighted by Crippen LogP contribution is -2.09. The highest BCUT2D eigenvalue weighted by Crippen LogP contribution is 2.50. The maximum absolute atomic E-state index is 2.45. The second-order valence-electron chi connectivity index (χ2n) is 17.2. The number of nitrogens with zero attached hydrogens (tertiary/aromatic N) is 2. The molecule has 5 heteroatoms. The molecule has 2 nitrogen and oxygen atoms in total. The van der Waals surface area contributed by atoms with E-state index in [9.17, 15) is 0 Å². The number of hydrogen-bond donors (Lipinski definition) is 0. The van der Waals surface area contributed by atoms with Gasteiger partial charge in [0.15, 0.2) is 0 Å². The van der Waals surface area contributed by atoms with E-state index in [-0.39, 0.29) is 0 Å². The summed E-state index contributed by atoms with van der Waals surface area (Å²) in [5.41, 5.74) is 14.2. The first-order valence-corrected chi connectivity index (χ1v) is 25.7. The summed E-state index contributed by atoms with van der Waals surface area (Å²) in [7, 11) is 0. The van der Waals surface area contributed by atoms with Gasteiger partial charge in [0.25, 0.3) is 0 Å². The van der Waals surface area contributed by atoms with E-state index < -0.39 is 0 Å². The highest BCUT2D eigenvalue weighted by atomic mass is 32.1. The minimum atomic E-state index is 1.12. The second-order valence-corrected chi connectivity index (χ2v) is 20.4. The van der Waals surface area contributed by atoms with Crippen molar-refractivity contribution < 1.29 is 0 Å². The molecule has 0 atom stereocenters. The molecule has 0 bridgehead atoms. The van der Waals surface area contributed by atoms with E-state index >= 15 is 0 Å². The van der Waals surface area contributed by atoms with Crippen molar-refractivity contribution >= 4 is 108 Å². The molecule has 0 fully saturated rings. The Morgan fingerprint density at radius 3 is 0.870 bits per heavy atom. The van der Waals surface area contributed by atoms with Gasteiger partial charge in [0.2, 0.25) is 0 Å². The summed E-state index contributed by atoms with van der Waals surface area (Å²) < 4.78 is 5.17. The third kappa shape index (κ3) is 7.49. The van der Waals surface area contributed by atoms with Gasteiger partial charge in [-0.25, -0.2) is 0 Å². The summed E-state index contributed by atoms with van der Waals surface area (Å²) >= 11 is 5.64. The first kappa shape index (κ1) is 41.2. The van der Waals surface area contributed by atoms with Crippen LogP contribution >= 0.6 is 34.0 Å². The average molecular weight is 935 g/mol. The lowest BCUT2D eigenvalue weighted by atomic mass is 9.95. The zero-order valence-electron chi connectivity index (χ0n) is 37.4. The Morgan fingerprint density at radius 2 is 0.507 bits per heavy atom. The van der Waals surface area contributed by atoms with E-state index in [1.165, 1.54) is 83.5 Å². The summed E-state index contributed by atoms with van der Waals surface area (Å²) in [5, 5.41) is 5.15. The Hall–Kier alpha value is -8.06. The van der Waals surface area contributed by atoms with Crippen LogP contribution in [0.4, 0.5) is 34.1 Å². The molecule has 69 heavy (non-hydrogen) atoms. The van der Waals surface area contributed by atoms with Crippen molar-refractivity contribution in [2.24, 2.45) is 0 Å². The number of rotatable bonds is 10. The third-order valence-electron chi connectivity index (χ3n) is 13.1. The van der Waals surface area contributed by atoms with Crippen molar-refractivity contribution in [3.05, 3.63) is 255 Å². The first-order chi connectivity index (χ1) is 34.2. The van der Waals surface area contributed by atoms with Gasteiger partial charge in [0, 0.05) is 95.4 Å². The molecule has 0 N–H and O–H groups in total. The summed E-state index contributed by atoms with van der Waals surface area (Å²) in [5.74, 6) is 0. The summed E-state index contributed by atoms with van der Waals surface area (Å²) in [6.07, 6.45) is 0. The number of para-hydroxylation sites is 4. The molecule has 0 aliphatic rings. The molecule has 0 radical (unpaired) electrons. The minimum Gasteiger partial charge on any atom is -0.311 e. The van der Waals surface area contributed by atoms with Crippen LogP contribution in [0, 0.1) is 0 Å². The normalized spacial score (nSPS) is 11.5. The molecule has 3 heterocycles. The third-order valence-corrected chi connectivity index (χ3v) is 16.7.